The Hall–Kier alpha value is -0.950. The van der Waals surface area contributed by atoms with E-state index in [0.717, 1.165) is 34.1 Å². The normalized spacial score (nSPS) is 10.7. The van der Waals surface area contributed by atoms with E-state index in [4.69, 9.17) is 4.74 Å². The average molecular weight is 354 g/mol. The molecule has 0 aliphatic carbocycles. The first-order chi connectivity index (χ1) is 9.79. The van der Waals surface area contributed by atoms with Crippen molar-refractivity contribution >= 4 is 27.7 Å². The molecule has 0 bridgehead atoms. The van der Waals surface area contributed by atoms with E-state index in [1.54, 1.807) is 37.5 Å². The molecule has 1 aromatic heterocycles. The van der Waals surface area contributed by atoms with E-state index >= 15 is 0 Å². The van der Waals surface area contributed by atoms with Crippen LogP contribution in [0.25, 0.3) is 0 Å². The summed E-state index contributed by atoms with van der Waals surface area (Å²) in [5, 5.41) is 4.21. The third-order valence-corrected chi connectivity index (χ3v) is 4.48. The van der Waals surface area contributed by atoms with Gasteiger partial charge in [0.05, 0.1) is 12.8 Å². The van der Waals surface area contributed by atoms with E-state index in [-0.39, 0.29) is 0 Å². The van der Waals surface area contributed by atoms with Crippen molar-refractivity contribution in [2.24, 2.45) is 0 Å². The summed E-state index contributed by atoms with van der Waals surface area (Å²) >= 11 is 5.20. The highest BCUT2D eigenvalue weighted by Crippen LogP contribution is 2.32. The van der Waals surface area contributed by atoms with Gasteiger partial charge in [-0.3, -0.25) is 4.98 Å². The van der Waals surface area contributed by atoms with Crippen molar-refractivity contribution in [1.82, 2.24) is 15.3 Å². The van der Waals surface area contributed by atoms with Gasteiger partial charge in [0.25, 0.3) is 0 Å². The number of hydrogen-bond donors (Lipinski definition) is 1. The summed E-state index contributed by atoms with van der Waals surface area (Å²) in [6.45, 7) is 2.41. The average Bonchev–Trinajstić information content (AvgIpc) is 2.47. The molecule has 6 heteroatoms. The molecular formula is C14H16BrN3OS. The van der Waals surface area contributed by atoms with Gasteiger partial charge >= 0.3 is 0 Å². The first-order valence-corrected chi connectivity index (χ1v) is 7.82. The van der Waals surface area contributed by atoms with Crippen molar-refractivity contribution < 1.29 is 4.74 Å². The lowest BCUT2D eigenvalue weighted by atomic mass is 10.2. The molecule has 0 saturated heterocycles. The van der Waals surface area contributed by atoms with Crippen LogP contribution in [0.3, 0.4) is 0 Å². The number of halogens is 1. The van der Waals surface area contributed by atoms with Crippen LogP contribution in [-0.2, 0) is 11.3 Å². The molecule has 2 aromatic rings. The van der Waals surface area contributed by atoms with Gasteiger partial charge in [-0.05, 0) is 33.6 Å². The van der Waals surface area contributed by atoms with Gasteiger partial charge in [-0.1, -0.05) is 17.8 Å². The maximum atomic E-state index is 5.00. The topological polar surface area (TPSA) is 47.0 Å². The van der Waals surface area contributed by atoms with E-state index in [1.807, 2.05) is 0 Å². The van der Waals surface area contributed by atoms with Crippen molar-refractivity contribution in [2.45, 2.75) is 16.5 Å². The Morgan fingerprint density at radius 3 is 2.95 bits per heavy atom. The van der Waals surface area contributed by atoms with E-state index in [0.29, 0.717) is 0 Å². The van der Waals surface area contributed by atoms with E-state index in [9.17, 15) is 0 Å². The molecule has 0 spiro atoms. The molecule has 20 heavy (non-hydrogen) atoms. The molecule has 2 rings (SSSR count). The van der Waals surface area contributed by atoms with Crippen molar-refractivity contribution in [2.75, 3.05) is 20.3 Å². The van der Waals surface area contributed by atoms with Crippen molar-refractivity contribution in [3.63, 3.8) is 0 Å². The lowest BCUT2D eigenvalue weighted by molar-refractivity contribution is 0.199. The SMILES string of the molecule is COCCNCc1ccc(Sc2cnccn2)c(Br)c1. The maximum absolute atomic E-state index is 5.00. The van der Waals surface area contributed by atoms with Gasteiger partial charge in [-0.25, -0.2) is 4.98 Å². The number of nitrogens with one attached hydrogen (secondary N) is 1. The van der Waals surface area contributed by atoms with Gasteiger partial charge < -0.3 is 10.1 Å². The number of aromatic nitrogens is 2. The molecular weight excluding hydrogens is 338 g/mol. The van der Waals surface area contributed by atoms with Crippen molar-refractivity contribution in [1.29, 1.82) is 0 Å². The lowest BCUT2D eigenvalue weighted by Gasteiger charge is -2.08. The fourth-order valence-corrected chi connectivity index (χ4v) is 3.01. The van der Waals surface area contributed by atoms with Crippen molar-refractivity contribution in [3.05, 3.63) is 46.8 Å². The number of ether oxygens (including phenoxy) is 1. The van der Waals surface area contributed by atoms with Gasteiger partial charge in [0.15, 0.2) is 0 Å². The van der Waals surface area contributed by atoms with Crippen LogP contribution >= 0.6 is 27.7 Å². The summed E-state index contributed by atoms with van der Waals surface area (Å²) in [6, 6.07) is 6.33. The van der Waals surface area contributed by atoms with E-state index in [1.165, 1.54) is 5.56 Å². The Balaban J connectivity index is 1.95. The molecule has 0 aliphatic heterocycles. The number of rotatable bonds is 7. The molecule has 0 radical (unpaired) electrons. The third-order valence-electron chi connectivity index (χ3n) is 2.56. The zero-order chi connectivity index (χ0) is 14.2. The standard InChI is InChI=1S/C14H16BrN3OS/c1-19-7-6-17-9-11-2-3-13(12(15)8-11)20-14-10-16-4-5-18-14/h2-5,8,10,17H,6-7,9H2,1H3. The Morgan fingerprint density at radius 2 is 2.25 bits per heavy atom. The second kappa shape index (κ2) is 8.36. The Bertz CT molecular complexity index is 539. The van der Waals surface area contributed by atoms with Gasteiger partial charge in [-0.2, -0.15) is 0 Å². The highest BCUT2D eigenvalue weighted by molar-refractivity contribution is 9.10. The minimum absolute atomic E-state index is 0.724. The molecule has 1 N–H and O–H groups in total. The quantitative estimate of drug-likeness (QED) is 0.774. The first-order valence-electron chi connectivity index (χ1n) is 6.21. The molecule has 0 atom stereocenters. The molecule has 0 aliphatic rings. The second-order valence-electron chi connectivity index (χ2n) is 4.08. The smallest absolute Gasteiger partial charge is 0.119 e. The van der Waals surface area contributed by atoms with Crippen LogP contribution in [0.4, 0.5) is 0 Å². The zero-order valence-electron chi connectivity index (χ0n) is 11.2. The van der Waals surface area contributed by atoms with Crippen LogP contribution in [0.1, 0.15) is 5.56 Å². The van der Waals surface area contributed by atoms with Crippen LogP contribution in [-0.4, -0.2) is 30.2 Å². The first kappa shape index (κ1) is 15.4. The zero-order valence-corrected chi connectivity index (χ0v) is 13.6. The van der Waals surface area contributed by atoms with E-state index < -0.39 is 0 Å². The summed E-state index contributed by atoms with van der Waals surface area (Å²) < 4.78 is 6.07. The highest BCUT2D eigenvalue weighted by Gasteiger charge is 2.04. The summed E-state index contributed by atoms with van der Waals surface area (Å²) in [6.07, 6.45) is 5.13. The summed E-state index contributed by atoms with van der Waals surface area (Å²) in [7, 11) is 1.71. The van der Waals surface area contributed by atoms with Crippen LogP contribution in [0.2, 0.25) is 0 Å². The second-order valence-corrected chi connectivity index (χ2v) is 6.00. The molecule has 0 unspecified atom stereocenters. The molecule has 1 aromatic carbocycles. The monoisotopic (exact) mass is 353 g/mol. The maximum Gasteiger partial charge on any atom is 0.119 e. The van der Waals surface area contributed by atoms with Crippen LogP contribution in [0.15, 0.2) is 51.2 Å². The number of nitrogens with zero attached hydrogens (tertiary/aromatic N) is 2. The molecule has 0 saturated carbocycles. The van der Waals surface area contributed by atoms with Crippen LogP contribution in [0.5, 0.6) is 0 Å². The number of methoxy groups -OCH3 is 1. The third kappa shape index (κ3) is 4.86. The molecule has 106 valence electrons. The minimum Gasteiger partial charge on any atom is -0.383 e. The summed E-state index contributed by atoms with van der Waals surface area (Å²) in [4.78, 5) is 9.46. The highest BCUT2D eigenvalue weighted by atomic mass is 79.9. The summed E-state index contributed by atoms with van der Waals surface area (Å²) in [5.74, 6) is 0. The fraction of sp³-hybridized carbons (Fsp3) is 0.286. The molecule has 0 amide bonds. The lowest BCUT2D eigenvalue weighted by Crippen LogP contribution is -2.18. The Labute approximate surface area is 131 Å². The molecule has 1 heterocycles. The van der Waals surface area contributed by atoms with Gasteiger partial charge in [0, 0.05) is 42.0 Å². The van der Waals surface area contributed by atoms with Gasteiger partial charge in [0.2, 0.25) is 0 Å². The van der Waals surface area contributed by atoms with Gasteiger partial charge in [-0.15, -0.1) is 0 Å². The number of hydrogen-bond acceptors (Lipinski definition) is 5. The molecule has 4 nitrogen and oxygen atoms in total. The predicted molar refractivity (Wildman–Crippen MR) is 83.9 cm³/mol. The van der Waals surface area contributed by atoms with Crippen LogP contribution < -0.4 is 5.32 Å². The molecule has 0 fully saturated rings. The largest absolute Gasteiger partial charge is 0.383 e. The van der Waals surface area contributed by atoms with Crippen molar-refractivity contribution in [3.8, 4) is 0 Å². The van der Waals surface area contributed by atoms with E-state index in [2.05, 4.69) is 49.4 Å². The van der Waals surface area contributed by atoms with Gasteiger partial charge in [0.1, 0.15) is 5.03 Å². The summed E-state index contributed by atoms with van der Waals surface area (Å²) in [5.41, 5.74) is 1.23. The fourth-order valence-electron chi connectivity index (χ4n) is 1.59. The Morgan fingerprint density at radius 1 is 1.35 bits per heavy atom. The minimum atomic E-state index is 0.724. The Kier molecular flexibility index (Phi) is 6.46. The van der Waals surface area contributed by atoms with Crippen LogP contribution in [0, 0.1) is 0 Å². The predicted octanol–water partition coefficient (Wildman–Crippen LogP) is 3.13. The number of benzene rings is 1.